The van der Waals surface area contributed by atoms with E-state index in [4.69, 9.17) is 4.74 Å². The summed E-state index contributed by atoms with van der Waals surface area (Å²) in [6.07, 6.45) is 3.60. The summed E-state index contributed by atoms with van der Waals surface area (Å²) in [4.78, 5) is 12.1. The molecule has 3 rings (SSSR count). The van der Waals surface area contributed by atoms with E-state index in [-0.39, 0.29) is 16.9 Å². The number of H-pyrrole nitrogens is 1. The molecule has 29 heavy (non-hydrogen) atoms. The Morgan fingerprint density at radius 3 is 2.72 bits per heavy atom. The van der Waals surface area contributed by atoms with Crippen molar-refractivity contribution in [2.75, 3.05) is 24.0 Å². The third-order valence-electron chi connectivity index (χ3n) is 4.50. The molecule has 0 aliphatic heterocycles. The number of hydrogen-bond acceptors (Lipinski definition) is 8. The maximum Gasteiger partial charge on any atom is 0.231 e. The Kier molecular flexibility index (Phi) is 5.61. The lowest BCUT2D eigenvalue weighted by atomic mass is 10.2. The van der Waals surface area contributed by atoms with Crippen molar-refractivity contribution in [1.82, 2.24) is 15.0 Å². The number of anilines is 3. The molecule has 152 valence electrons. The van der Waals surface area contributed by atoms with Crippen LogP contribution in [-0.2, 0) is 9.84 Å². The maximum atomic E-state index is 11.8. The van der Waals surface area contributed by atoms with E-state index >= 15 is 0 Å². The van der Waals surface area contributed by atoms with Gasteiger partial charge in [-0.2, -0.15) is 15.2 Å². The highest BCUT2D eigenvalue weighted by Gasteiger charge is 2.17. The van der Waals surface area contributed by atoms with E-state index in [2.05, 4.69) is 31.7 Å². The molecule has 0 saturated heterocycles. The number of nitrogens with one attached hydrogen (secondary N) is 3. The molecular formula is C19H22N6O3S. The van der Waals surface area contributed by atoms with Crippen molar-refractivity contribution in [2.45, 2.75) is 31.2 Å². The normalized spacial score (nSPS) is 12.4. The van der Waals surface area contributed by atoms with Crippen LogP contribution in [0.25, 0.3) is 11.0 Å². The number of benzene rings is 1. The summed E-state index contributed by atoms with van der Waals surface area (Å²) in [5, 5.41) is 16.4. The third kappa shape index (κ3) is 4.25. The Morgan fingerprint density at radius 1 is 1.34 bits per heavy atom. The zero-order chi connectivity index (χ0) is 21.2. The van der Waals surface area contributed by atoms with Crippen molar-refractivity contribution in [3.8, 4) is 11.8 Å². The summed E-state index contributed by atoms with van der Waals surface area (Å²) < 4.78 is 28.9. The molecule has 0 bridgehead atoms. The lowest BCUT2D eigenvalue weighted by Crippen LogP contribution is -2.15. The number of nitriles is 1. The average molecular weight is 414 g/mol. The Bertz CT molecular complexity index is 1200. The van der Waals surface area contributed by atoms with E-state index < -0.39 is 9.84 Å². The molecule has 2 heterocycles. The standard InChI is InChI=1S/C19H22N6O3S/c1-5-11(2)22-18-16-12(9-20)10-21-17(16)24-19(25-18)23-14-7-6-13(29(4,26)27)8-15(14)28-3/h6-8,10-11H,5H2,1-4H3,(H3,21,22,23,24,25)/t11-/m1/s1. The van der Waals surface area contributed by atoms with Crippen LogP contribution in [0.15, 0.2) is 29.3 Å². The predicted octanol–water partition coefficient (Wildman–Crippen LogP) is 3.20. The van der Waals surface area contributed by atoms with Gasteiger partial charge in [0.25, 0.3) is 0 Å². The molecule has 0 unspecified atom stereocenters. The number of aromatic amines is 1. The molecule has 0 aliphatic carbocycles. The molecule has 3 aromatic rings. The average Bonchev–Trinajstić information content (AvgIpc) is 3.10. The number of rotatable bonds is 7. The molecule has 3 N–H and O–H groups in total. The molecule has 0 spiro atoms. The number of methoxy groups -OCH3 is 1. The Labute approximate surface area is 169 Å². The van der Waals surface area contributed by atoms with Crippen molar-refractivity contribution < 1.29 is 13.2 Å². The quantitative estimate of drug-likeness (QED) is 0.537. The lowest BCUT2D eigenvalue weighted by molar-refractivity contribution is 0.415. The topological polar surface area (TPSA) is 133 Å². The second-order valence-corrected chi connectivity index (χ2v) is 8.66. The van der Waals surface area contributed by atoms with Gasteiger partial charge < -0.3 is 20.4 Å². The van der Waals surface area contributed by atoms with Crippen molar-refractivity contribution in [3.05, 3.63) is 30.0 Å². The second kappa shape index (κ2) is 7.97. The number of ether oxygens (including phenoxy) is 1. The minimum absolute atomic E-state index is 0.144. The fourth-order valence-corrected chi connectivity index (χ4v) is 3.38. The minimum Gasteiger partial charge on any atom is -0.495 e. The predicted molar refractivity (Wildman–Crippen MR) is 111 cm³/mol. The minimum atomic E-state index is -3.36. The number of hydrogen-bond donors (Lipinski definition) is 3. The molecule has 10 heteroatoms. The SMILES string of the molecule is CC[C@@H](C)Nc1nc(Nc2ccc(S(C)(=O)=O)cc2OC)nc2[nH]cc(C#N)c12. The van der Waals surface area contributed by atoms with Crippen LogP contribution in [0.3, 0.4) is 0 Å². The third-order valence-corrected chi connectivity index (χ3v) is 5.61. The maximum absolute atomic E-state index is 11.8. The molecule has 0 fully saturated rings. The van der Waals surface area contributed by atoms with Crippen LogP contribution in [0.2, 0.25) is 0 Å². The van der Waals surface area contributed by atoms with Gasteiger partial charge in [0.2, 0.25) is 5.95 Å². The fourth-order valence-electron chi connectivity index (χ4n) is 2.74. The van der Waals surface area contributed by atoms with Crippen LogP contribution in [-0.4, -0.2) is 42.8 Å². The monoisotopic (exact) mass is 414 g/mol. The first kappa shape index (κ1) is 20.4. The number of sulfone groups is 1. The fraction of sp³-hybridized carbons (Fsp3) is 0.316. The van der Waals surface area contributed by atoms with Gasteiger partial charge in [-0.3, -0.25) is 0 Å². The zero-order valence-electron chi connectivity index (χ0n) is 16.6. The van der Waals surface area contributed by atoms with Crippen LogP contribution in [0.5, 0.6) is 5.75 Å². The highest BCUT2D eigenvalue weighted by molar-refractivity contribution is 7.90. The van der Waals surface area contributed by atoms with Gasteiger partial charge in [-0.25, -0.2) is 8.42 Å². The first-order valence-corrected chi connectivity index (χ1v) is 10.9. The van der Waals surface area contributed by atoms with Gasteiger partial charge in [0.1, 0.15) is 23.3 Å². The number of aromatic nitrogens is 3. The Hall–Kier alpha value is -3.32. The van der Waals surface area contributed by atoms with E-state index in [9.17, 15) is 13.7 Å². The molecule has 0 radical (unpaired) electrons. The van der Waals surface area contributed by atoms with E-state index in [1.54, 1.807) is 12.3 Å². The van der Waals surface area contributed by atoms with Crippen LogP contribution in [0, 0.1) is 11.3 Å². The summed E-state index contributed by atoms with van der Waals surface area (Å²) in [5.74, 6) is 1.16. The van der Waals surface area contributed by atoms with Crippen molar-refractivity contribution in [2.24, 2.45) is 0 Å². The van der Waals surface area contributed by atoms with Crippen LogP contribution in [0.4, 0.5) is 17.5 Å². The molecule has 0 aliphatic rings. The number of fused-ring (bicyclic) bond motifs is 1. The summed E-state index contributed by atoms with van der Waals surface area (Å²) in [7, 11) is -1.91. The number of nitrogens with zero attached hydrogens (tertiary/aromatic N) is 3. The molecule has 0 saturated carbocycles. The lowest BCUT2D eigenvalue weighted by Gasteiger charge is -2.15. The second-order valence-electron chi connectivity index (χ2n) is 6.65. The van der Waals surface area contributed by atoms with E-state index in [1.807, 2.05) is 13.8 Å². The first-order chi connectivity index (χ1) is 13.8. The van der Waals surface area contributed by atoms with Crippen molar-refractivity contribution >= 4 is 38.3 Å². The summed E-state index contributed by atoms with van der Waals surface area (Å²) in [5.41, 5.74) is 1.48. The van der Waals surface area contributed by atoms with Gasteiger partial charge in [-0.05, 0) is 25.5 Å². The van der Waals surface area contributed by atoms with Crippen LogP contribution in [0.1, 0.15) is 25.8 Å². The van der Waals surface area contributed by atoms with Gasteiger partial charge in [0.05, 0.1) is 28.6 Å². The van der Waals surface area contributed by atoms with Crippen LogP contribution < -0.4 is 15.4 Å². The van der Waals surface area contributed by atoms with Crippen molar-refractivity contribution in [3.63, 3.8) is 0 Å². The first-order valence-electron chi connectivity index (χ1n) is 8.97. The molecule has 9 nitrogen and oxygen atoms in total. The van der Waals surface area contributed by atoms with Gasteiger partial charge in [0.15, 0.2) is 9.84 Å². The van der Waals surface area contributed by atoms with E-state index in [1.165, 1.54) is 19.2 Å². The van der Waals surface area contributed by atoms with Crippen LogP contribution >= 0.6 is 0 Å². The van der Waals surface area contributed by atoms with Crippen molar-refractivity contribution in [1.29, 1.82) is 5.26 Å². The largest absolute Gasteiger partial charge is 0.495 e. The molecule has 1 aromatic carbocycles. The zero-order valence-corrected chi connectivity index (χ0v) is 17.4. The van der Waals surface area contributed by atoms with Gasteiger partial charge in [-0.1, -0.05) is 6.92 Å². The highest BCUT2D eigenvalue weighted by Crippen LogP contribution is 2.31. The smallest absolute Gasteiger partial charge is 0.231 e. The van der Waals surface area contributed by atoms with Gasteiger partial charge in [0, 0.05) is 24.6 Å². The van der Waals surface area contributed by atoms with E-state index in [0.717, 1.165) is 12.7 Å². The molecule has 1 atom stereocenters. The molecule has 2 aromatic heterocycles. The summed E-state index contributed by atoms with van der Waals surface area (Å²) in [6, 6.07) is 6.81. The molecular weight excluding hydrogens is 392 g/mol. The molecule has 0 amide bonds. The van der Waals surface area contributed by atoms with Gasteiger partial charge in [-0.15, -0.1) is 0 Å². The van der Waals surface area contributed by atoms with E-state index in [0.29, 0.717) is 33.9 Å². The Morgan fingerprint density at radius 2 is 2.10 bits per heavy atom. The summed E-state index contributed by atoms with van der Waals surface area (Å²) >= 11 is 0. The summed E-state index contributed by atoms with van der Waals surface area (Å²) in [6.45, 7) is 4.07. The Balaban J connectivity index is 2.06. The highest BCUT2D eigenvalue weighted by atomic mass is 32.2. The van der Waals surface area contributed by atoms with Gasteiger partial charge >= 0.3 is 0 Å².